The molecule has 1 spiro atoms. The minimum atomic E-state index is -4.51. The monoisotopic (exact) mass is 534 g/mol. The van der Waals surface area contributed by atoms with Crippen molar-refractivity contribution in [2.75, 3.05) is 13.2 Å². The summed E-state index contributed by atoms with van der Waals surface area (Å²) >= 11 is 0. The van der Waals surface area contributed by atoms with Crippen LogP contribution in [0.5, 0.6) is 0 Å². The highest BCUT2D eigenvalue weighted by molar-refractivity contribution is 5.67. The van der Waals surface area contributed by atoms with Gasteiger partial charge >= 0.3 is 12.1 Å². The molecule has 2 aromatic heterocycles. The second-order valence-corrected chi connectivity index (χ2v) is 11.5. The van der Waals surface area contributed by atoms with E-state index in [2.05, 4.69) is 4.98 Å². The van der Waals surface area contributed by atoms with Crippen molar-refractivity contribution in [2.24, 2.45) is 5.41 Å². The fourth-order valence-electron chi connectivity index (χ4n) is 6.19. The molecule has 2 unspecified atom stereocenters. The van der Waals surface area contributed by atoms with Crippen molar-refractivity contribution < 1.29 is 37.3 Å². The van der Waals surface area contributed by atoms with Crippen molar-refractivity contribution in [1.29, 1.82) is 0 Å². The molecule has 2 aromatic rings. The van der Waals surface area contributed by atoms with Gasteiger partial charge in [-0.25, -0.2) is 0 Å². The zero-order valence-corrected chi connectivity index (χ0v) is 22.2. The number of aliphatic hydroxyl groups is 1. The molecule has 3 aliphatic rings. The normalized spacial score (nSPS) is 25.8. The molecule has 1 saturated heterocycles. The third-order valence-corrected chi connectivity index (χ3v) is 7.92. The number of fused-ring (bicyclic) bond motifs is 4. The van der Waals surface area contributed by atoms with E-state index >= 15 is 0 Å². The Balaban J connectivity index is 1.78. The summed E-state index contributed by atoms with van der Waals surface area (Å²) in [5.74, 6) is -0.535. The Morgan fingerprint density at radius 3 is 2.42 bits per heavy atom. The summed E-state index contributed by atoms with van der Waals surface area (Å²) in [6.07, 6.45) is -4.69. The molecule has 206 valence electrons. The first-order valence-electron chi connectivity index (χ1n) is 13.0. The van der Waals surface area contributed by atoms with Gasteiger partial charge < -0.3 is 19.3 Å². The molecule has 3 atom stereocenters. The summed E-state index contributed by atoms with van der Waals surface area (Å²) in [6, 6.07) is 2.36. The number of ether oxygens (including phenoxy) is 3. The van der Waals surface area contributed by atoms with Gasteiger partial charge in [0, 0.05) is 61.4 Å². The topological polar surface area (TPSA) is 90.8 Å². The van der Waals surface area contributed by atoms with Crippen LogP contribution in [0.2, 0.25) is 0 Å². The Bertz CT molecular complexity index is 1240. The van der Waals surface area contributed by atoms with Gasteiger partial charge in [0.1, 0.15) is 12.2 Å². The lowest BCUT2D eigenvalue weighted by molar-refractivity contribution is -0.157. The van der Waals surface area contributed by atoms with E-state index in [1.165, 1.54) is 13.0 Å². The summed E-state index contributed by atoms with van der Waals surface area (Å²) in [4.78, 5) is 21.3. The number of pyridine rings is 2. The quantitative estimate of drug-likeness (QED) is 0.497. The van der Waals surface area contributed by atoms with Crippen LogP contribution in [0, 0.1) is 5.41 Å². The number of hydrogen-bond acceptors (Lipinski definition) is 7. The molecule has 38 heavy (non-hydrogen) atoms. The van der Waals surface area contributed by atoms with Gasteiger partial charge in [-0.1, -0.05) is 27.7 Å². The SMILES string of the molecule is CC(=O)OC1c2nc(C(C)C)c3c(c2C(O)CC1(C)C)C1(CCOCC1)O[C@@H]3c1ccc(C(F)(F)F)cn1. The van der Waals surface area contributed by atoms with Crippen LogP contribution in [-0.2, 0) is 30.8 Å². The molecule has 1 N–H and O–H groups in total. The van der Waals surface area contributed by atoms with Gasteiger partial charge in [-0.3, -0.25) is 14.8 Å². The Morgan fingerprint density at radius 2 is 1.87 bits per heavy atom. The summed E-state index contributed by atoms with van der Waals surface area (Å²) < 4.78 is 58.0. The van der Waals surface area contributed by atoms with E-state index in [1.54, 1.807) is 0 Å². The van der Waals surface area contributed by atoms with Crippen LogP contribution >= 0.6 is 0 Å². The first kappa shape index (κ1) is 27.0. The van der Waals surface area contributed by atoms with Gasteiger partial charge in [0.2, 0.25) is 0 Å². The molecule has 10 heteroatoms. The van der Waals surface area contributed by atoms with Gasteiger partial charge in [-0.15, -0.1) is 0 Å². The van der Waals surface area contributed by atoms with Crippen molar-refractivity contribution in [3.63, 3.8) is 0 Å². The van der Waals surface area contributed by atoms with Crippen molar-refractivity contribution in [2.45, 2.75) is 89.9 Å². The van der Waals surface area contributed by atoms with E-state index in [9.17, 15) is 23.1 Å². The van der Waals surface area contributed by atoms with E-state index in [4.69, 9.17) is 19.2 Å². The maximum absolute atomic E-state index is 13.3. The molecule has 0 amide bonds. The Labute approximate surface area is 219 Å². The summed E-state index contributed by atoms with van der Waals surface area (Å²) in [7, 11) is 0. The summed E-state index contributed by atoms with van der Waals surface area (Å²) in [6.45, 7) is 10.0. The highest BCUT2D eigenvalue weighted by Crippen LogP contribution is 2.59. The number of hydrogen-bond donors (Lipinski definition) is 1. The fourth-order valence-corrected chi connectivity index (χ4v) is 6.19. The number of carbonyl (C=O) groups is 1. The van der Waals surface area contributed by atoms with Gasteiger partial charge in [0.15, 0.2) is 0 Å². The summed E-state index contributed by atoms with van der Waals surface area (Å²) in [5.41, 5.74) is 1.40. The van der Waals surface area contributed by atoms with E-state index in [1.807, 2.05) is 27.7 Å². The van der Waals surface area contributed by atoms with Crippen LogP contribution < -0.4 is 0 Å². The van der Waals surface area contributed by atoms with E-state index in [0.29, 0.717) is 55.1 Å². The van der Waals surface area contributed by atoms with Crippen LogP contribution in [0.15, 0.2) is 18.3 Å². The average Bonchev–Trinajstić information content (AvgIpc) is 3.14. The van der Waals surface area contributed by atoms with E-state index in [0.717, 1.165) is 23.4 Å². The lowest BCUT2D eigenvalue weighted by Gasteiger charge is -2.43. The van der Waals surface area contributed by atoms with Crippen molar-refractivity contribution >= 4 is 5.97 Å². The Kier molecular flexibility index (Phi) is 6.60. The lowest BCUT2D eigenvalue weighted by Crippen LogP contribution is -2.39. The zero-order chi connectivity index (χ0) is 27.6. The number of alkyl halides is 3. The maximum atomic E-state index is 13.3. The minimum Gasteiger partial charge on any atom is -0.455 e. The smallest absolute Gasteiger partial charge is 0.417 e. The molecular formula is C28H33F3N2O5. The average molecular weight is 535 g/mol. The Hall–Kier alpha value is -2.56. The highest BCUT2D eigenvalue weighted by Gasteiger charge is 2.54. The van der Waals surface area contributed by atoms with Crippen LogP contribution in [-0.4, -0.2) is 34.3 Å². The molecule has 1 fully saturated rings. The van der Waals surface area contributed by atoms with Gasteiger partial charge in [-0.05, 0) is 30.0 Å². The van der Waals surface area contributed by atoms with Gasteiger partial charge in [0.25, 0.3) is 0 Å². The molecule has 1 aliphatic carbocycles. The second kappa shape index (κ2) is 9.27. The largest absolute Gasteiger partial charge is 0.455 e. The molecular weight excluding hydrogens is 501 g/mol. The second-order valence-electron chi connectivity index (χ2n) is 11.5. The zero-order valence-electron chi connectivity index (χ0n) is 22.2. The molecule has 2 aliphatic heterocycles. The van der Waals surface area contributed by atoms with Crippen molar-refractivity contribution in [3.8, 4) is 0 Å². The van der Waals surface area contributed by atoms with Crippen LogP contribution in [0.1, 0.15) is 117 Å². The van der Waals surface area contributed by atoms with Crippen LogP contribution in [0.4, 0.5) is 13.2 Å². The molecule has 5 rings (SSSR count). The van der Waals surface area contributed by atoms with Gasteiger partial charge in [-0.2, -0.15) is 13.2 Å². The predicted molar refractivity (Wildman–Crippen MR) is 130 cm³/mol. The van der Waals surface area contributed by atoms with Gasteiger partial charge in [0.05, 0.1) is 28.7 Å². The fraction of sp³-hybridized carbons (Fsp3) is 0.607. The minimum absolute atomic E-state index is 0.0928. The third kappa shape index (κ3) is 4.40. The maximum Gasteiger partial charge on any atom is 0.417 e. The number of rotatable bonds is 3. The Morgan fingerprint density at radius 1 is 1.18 bits per heavy atom. The van der Waals surface area contributed by atoms with E-state index < -0.39 is 47.0 Å². The molecule has 4 heterocycles. The molecule has 0 radical (unpaired) electrons. The number of carbonyl (C=O) groups excluding carboxylic acids is 1. The first-order valence-corrected chi connectivity index (χ1v) is 13.0. The standard InChI is InChI=1S/C28H33F3N2O5/c1-14(2)22-20-21(19-18(35)12-26(4,5)25(23(19)33-22)37-15(3)34)27(8-10-36-11-9-27)38-24(20)17-7-6-16(13-32-17)28(29,30)31/h6-7,13-14,18,24-25,35H,8-12H2,1-5H3/t18?,24-,25?/m1/s1. The van der Waals surface area contributed by atoms with Crippen molar-refractivity contribution in [3.05, 3.63) is 57.7 Å². The third-order valence-electron chi connectivity index (χ3n) is 7.92. The number of aromatic nitrogens is 2. The lowest BCUT2D eigenvalue weighted by atomic mass is 9.68. The highest BCUT2D eigenvalue weighted by atomic mass is 19.4. The predicted octanol–water partition coefficient (Wildman–Crippen LogP) is 5.81. The molecule has 0 saturated carbocycles. The molecule has 0 bridgehead atoms. The number of halogens is 3. The number of nitrogens with zero attached hydrogens (tertiary/aromatic N) is 2. The van der Waals surface area contributed by atoms with E-state index in [-0.39, 0.29) is 5.92 Å². The van der Waals surface area contributed by atoms with Crippen molar-refractivity contribution in [1.82, 2.24) is 9.97 Å². The molecule has 7 nitrogen and oxygen atoms in total. The molecule has 0 aromatic carbocycles. The van der Waals surface area contributed by atoms with Crippen LogP contribution in [0.3, 0.4) is 0 Å². The van der Waals surface area contributed by atoms with Crippen LogP contribution in [0.25, 0.3) is 0 Å². The number of aliphatic hydroxyl groups excluding tert-OH is 1. The first-order chi connectivity index (χ1) is 17.7. The number of esters is 1. The summed E-state index contributed by atoms with van der Waals surface area (Å²) in [5, 5.41) is 11.5.